The minimum atomic E-state index is -0.781. The van der Waals surface area contributed by atoms with Crippen molar-refractivity contribution in [1.82, 2.24) is 29.7 Å². The molecule has 0 atom stereocenters. The highest BCUT2D eigenvalue weighted by Crippen LogP contribution is 2.30. The van der Waals surface area contributed by atoms with E-state index in [1.54, 1.807) is 18.3 Å². The van der Waals surface area contributed by atoms with E-state index in [1.807, 2.05) is 38.1 Å². The van der Waals surface area contributed by atoms with Gasteiger partial charge in [0.15, 0.2) is 5.82 Å². The average molecular weight is 378 g/mol. The number of nitrogens with zero attached hydrogens (tertiary/aromatic N) is 6. The Hall–Kier alpha value is -3.55. The van der Waals surface area contributed by atoms with E-state index in [0.29, 0.717) is 17.1 Å². The SMILES string of the molecule is CC(C)(c1cccc(-c2cnc(F)nc2)n1)c1ccn(-c2cccc(F)n2)n1. The highest BCUT2D eigenvalue weighted by atomic mass is 19.1. The molecular formula is C20H16F2N6. The molecule has 0 aliphatic heterocycles. The van der Waals surface area contributed by atoms with E-state index >= 15 is 0 Å². The molecular weight excluding hydrogens is 362 g/mol. The second-order valence-electron chi connectivity index (χ2n) is 6.74. The maximum Gasteiger partial charge on any atom is 0.308 e. The van der Waals surface area contributed by atoms with E-state index in [2.05, 4.69) is 25.0 Å². The van der Waals surface area contributed by atoms with Gasteiger partial charge in [0.05, 0.1) is 22.5 Å². The molecule has 6 nitrogen and oxygen atoms in total. The van der Waals surface area contributed by atoms with Gasteiger partial charge in [0.2, 0.25) is 5.95 Å². The van der Waals surface area contributed by atoms with Crippen molar-refractivity contribution in [2.45, 2.75) is 19.3 Å². The van der Waals surface area contributed by atoms with Gasteiger partial charge >= 0.3 is 6.08 Å². The zero-order chi connectivity index (χ0) is 19.7. The lowest BCUT2D eigenvalue weighted by atomic mass is 9.85. The van der Waals surface area contributed by atoms with Gasteiger partial charge in [0.25, 0.3) is 0 Å². The third kappa shape index (κ3) is 3.36. The fraction of sp³-hybridized carbons (Fsp3) is 0.150. The molecule has 8 heteroatoms. The molecule has 0 bridgehead atoms. The fourth-order valence-corrected chi connectivity index (χ4v) is 2.83. The van der Waals surface area contributed by atoms with E-state index in [4.69, 9.17) is 0 Å². The predicted molar refractivity (Wildman–Crippen MR) is 98.7 cm³/mol. The molecule has 0 N–H and O–H groups in total. The number of hydrogen-bond acceptors (Lipinski definition) is 5. The van der Waals surface area contributed by atoms with Crippen LogP contribution in [0.4, 0.5) is 8.78 Å². The largest absolute Gasteiger partial charge is 0.308 e. The van der Waals surface area contributed by atoms with Gasteiger partial charge in [-0.25, -0.2) is 19.6 Å². The first-order valence-electron chi connectivity index (χ1n) is 8.58. The summed E-state index contributed by atoms with van der Waals surface area (Å²) in [6, 6.07) is 12.0. The maximum absolute atomic E-state index is 13.4. The van der Waals surface area contributed by atoms with Crippen molar-refractivity contribution in [2.75, 3.05) is 0 Å². The lowest BCUT2D eigenvalue weighted by Crippen LogP contribution is -2.22. The molecule has 28 heavy (non-hydrogen) atoms. The minimum Gasteiger partial charge on any atom is -0.252 e. The van der Waals surface area contributed by atoms with Crippen LogP contribution in [0.25, 0.3) is 17.1 Å². The van der Waals surface area contributed by atoms with Crippen molar-refractivity contribution in [3.8, 4) is 17.1 Å². The molecule has 4 heterocycles. The monoisotopic (exact) mass is 378 g/mol. The van der Waals surface area contributed by atoms with Crippen molar-refractivity contribution in [3.05, 3.63) is 84.5 Å². The normalized spacial score (nSPS) is 11.6. The summed E-state index contributed by atoms with van der Waals surface area (Å²) >= 11 is 0. The molecule has 0 aromatic carbocycles. The Bertz CT molecular complexity index is 1120. The van der Waals surface area contributed by atoms with Crippen molar-refractivity contribution in [3.63, 3.8) is 0 Å². The van der Waals surface area contributed by atoms with E-state index in [9.17, 15) is 8.78 Å². The summed E-state index contributed by atoms with van der Waals surface area (Å²) < 4.78 is 27.9. The molecule has 0 fully saturated rings. The summed E-state index contributed by atoms with van der Waals surface area (Å²) in [6.45, 7) is 3.98. The molecule has 4 aromatic heterocycles. The van der Waals surface area contributed by atoms with Gasteiger partial charge in [0.1, 0.15) is 0 Å². The Kier molecular flexibility index (Phi) is 4.38. The van der Waals surface area contributed by atoms with Crippen LogP contribution in [0.15, 0.2) is 61.1 Å². The van der Waals surface area contributed by atoms with E-state index in [1.165, 1.54) is 23.1 Å². The van der Waals surface area contributed by atoms with Gasteiger partial charge in [-0.3, -0.25) is 4.98 Å². The fourth-order valence-electron chi connectivity index (χ4n) is 2.83. The van der Waals surface area contributed by atoms with Crippen LogP contribution in [0.2, 0.25) is 0 Å². The predicted octanol–water partition coefficient (Wildman–Crippen LogP) is 3.72. The molecule has 0 radical (unpaired) electrons. The smallest absolute Gasteiger partial charge is 0.252 e. The third-order valence-electron chi connectivity index (χ3n) is 4.47. The first-order valence-corrected chi connectivity index (χ1v) is 8.58. The molecule has 0 aliphatic carbocycles. The molecule has 4 aromatic rings. The zero-order valence-electron chi connectivity index (χ0n) is 15.2. The molecule has 140 valence electrons. The van der Waals surface area contributed by atoms with Crippen LogP contribution in [0.1, 0.15) is 25.2 Å². The van der Waals surface area contributed by atoms with Crippen LogP contribution >= 0.6 is 0 Å². The molecule has 0 aliphatic rings. The first kappa shape index (κ1) is 17.8. The highest BCUT2D eigenvalue weighted by Gasteiger charge is 2.28. The van der Waals surface area contributed by atoms with Gasteiger partial charge in [-0.1, -0.05) is 12.1 Å². The maximum atomic E-state index is 13.4. The Labute approximate surface area is 160 Å². The lowest BCUT2D eigenvalue weighted by molar-refractivity contribution is 0.539. The van der Waals surface area contributed by atoms with Crippen LogP contribution in [-0.4, -0.2) is 29.7 Å². The summed E-state index contributed by atoms with van der Waals surface area (Å²) in [5, 5.41) is 4.56. The van der Waals surface area contributed by atoms with Gasteiger partial charge in [-0.15, -0.1) is 0 Å². The number of rotatable bonds is 4. The molecule has 0 amide bonds. The Morgan fingerprint density at radius 1 is 0.857 bits per heavy atom. The van der Waals surface area contributed by atoms with Gasteiger partial charge in [0, 0.05) is 24.2 Å². The van der Waals surface area contributed by atoms with Gasteiger partial charge in [-0.05, 0) is 44.2 Å². The second kappa shape index (κ2) is 6.88. The number of halogens is 2. The first-order chi connectivity index (χ1) is 13.4. The van der Waals surface area contributed by atoms with Crippen LogP contribution in [0, 0.1) is 12.0 Å². The minimum absolute atomic E-state index is 0.396. The summed E-state index contributed by atoms with van der Waals surface area (Å²) in [5.41, 5.74) is 2.24. The Balaban J connectivity index is 1.69. The van der Waals surface area contributed by atoms with Crippen molar-refractivity contribution in [1.29, 1.82) is 0 Å². The topological polar surface area (TPSA) is 69.4 Å². The second-order valence-corrected chi connectivity index (χ2v) is 6.74. The van der Waals surface area contributed by atoms with Gasteiger partial charge in [-0.2, -0.15) is 13.9 Å². The highest BCUT2D eigenvalue weighted by molar-refractivity contribution is 5.57. The van der Waals surface area contributed by atoms with Crippen LogP contribution in [0.3, 0.4) is 0 Å². The summed E-state index contributed by atoms with van der Waals surface area (Å²) in [4.78, 5) is 15.7. The summed E-state index contributed by atoms with van der Waals surface area (Å²) in [5.74, 6) is -0.170. The Morgan fingerprint density at radius 2 is 1.61 bits per heavy atom. The van der Waals surface area contributed by atoms with Crippen LogP contribution in [0.5, 0.6) is 0 Å². The van der Waals surface area contributed by atoms with Crippen LogP contribution in [-0.2, 0) is 5.41 Å². The molecule has 0 saturated carbocycles. The molecule has 0 saturated heterocycles. The van der Waals surface area contributed by atoms with E-state index in [0.717, 1.165) is 11.4 Å². The number of aromatic nitrogens is 6. The summed E-state index contributed by atoms with van der Waals surface area (Å²) in [7, 11) is 0. The molecule has 0 spiro atoms. The summed E-state index contributed by atoms with van der Waals surface area (Å²) in [6.07, 6.45) is 3.74. The quantitative estimate of drug-likeness (QED) is 0.400. The number of hydrogen-bond donors (Lipinski definition) is 0. The average Bonchev–Trinajstić information content (AvgIpc) is 3.20. The Morgan fingerprint density at radius 3 is 2.36 bits per heavy atom. The van der Waals surface area contributed by atoms with Crippen molar-refractivity contribution in [2.24, 2.45) is 0 Å². The number of pyridine rings is 2. The standard InChI is InChI=1S/C20H16F2N6/c1-20(2,16-9-10-28(27-16)18-8-4-7-17(21)26-18)15-6-3-5-14(25-15)13-11-23-19(22)24-12-13/h3-12H,1-2H3. The lowest BCUT2D eigenvalue weighted by Gasteiger charge is -2.22. The van der Waals surface area contributed by atoms with Crippen molar-refractivity contribution < 1.29 is 8.78 Å². The van der Waals surface area contributed by atoms with E-state index < -0.39 is 17.4 Å². The zero-order valence-corrected chi connectivity index (χ0v) is 15.2. The van der Waals surface area contributed by atoms with Crippen molar-refractivity contribution >= 4 is 0 Å². The molecule has 0 unspecified atom stereocenters. The van der Waals surface area contributed by atoms with E-state index in [-0.39, 0.29) is 0 Å². The molecule has 4 rings (SSSR count). The third-order valence-corrected chi connectivity index (χ3v) is 4.47. The van der Waals surface area contributed by atoms with Crippen LogP contribution < -0.4 is 0 Å². The van der Waals surface area contributed by atoms with Gasteiger partial charge < -0.3 is 0 Å².